The Labute approximate surface area is 69.0 Å². The highest BCUT2D eigenvalue weighted by atomic mass is 14.3. The van der Waals surface area contributed by atoms with Gasteiger partial charge in [0, 0.05) is 0 Å². The van der Waals surface area contributed by atoms with Gasteiger partial charge in [0.2, 0.25) is 0 Å². The molecule has 0 aliphatic heterocycles. The smallest absolute Gasteiger partial charge is 0.00450 e. The van der Waals surface area contributed by atoms with Gasteiger partial charge in [-0.1, -0.05) is 19.8 Å². The standard InChI is InChI=1S/C9H18N2/c1-2-4-9(6-8-11)5-3-7-10/h7-11H,2-6H2,1H3. The van der Waals surface area contributed by atoms with E-state index in [1.54, 1.807) is 0 Å². The Balaban J connectivity index is 3.49. The molecule has 2 heteroatoms. The Hall–Kier alpha value is -0.660. The Morgan fingerprint density at radius 2 is 1.91 bits per heavy atom. The average Bonchev–Trinajstić information content (AvgIpc) is 2.01. The topological polar surface area (TPSA) is 47.7 Å². The molecule has 0 aliphatic carbocycles. The van der Waals surface area contributed by atoms with Crippen LogP contribution in [0.15, 0.2) is 0 Å². The van der Waals surface area contributed by atoms with Crippen molar-refractivity contribution in [1.82, 2.24) is 0 Å². The van der Waals surface area contributed by atoms with Crippen LogP contribution >= 0.6 is 0 Å². The van der Waals surface area contributed by atoms with E-state index in [-0.39, 0.29) is 0 Å². The summed E-state index contributed by atoms with van der Waals surface area (Å²) in [4.78, 5) is 0. The van der Waals surface area contributed by atoms with Gasteiger partial charge in [-0.15, -0.1) is 0 Å². The van der Waals surface area contributed by atoms with E-state index in [0.717, 1.165) is 19.3 Å². The van der Waals surface area contributed by atoms with Crippen LogP contribution in [-0.4, -0.2) is 12.4 Å². The molecule has 0 aromatic rings. The highest BCUT2D eigenvalue weighted by Gasteiger charge is 2.03. The molecule has 0 saturated heterocycles. The Bertz CT molecular complexity index is 110. The Morgan fingerprint density at radius 3 is 2.36 bits per heavy atom. The minimum Gasteiger partial charge on any atom is -0.313 e. The van der Waals surface area contributed by atoms with E-state index in [2.05, 4.69) is 6.92 Å². The number of rotatable bonds is 7. The molecule has 0 bridgehead atoms. The maximum absolute atomic E-state index is 6.96. The first kappa shape index (κ1) is 10.3. The summed E-state index contributed by atoms with van der Waals surface area (Å²) in [5.41, 5.74) is 0. The van der Waals surface area contributed by atoms with Crippen molar-refractivity contribution in [2.75, 3.05) is 0 Å². The van der Waals surface area contributed by atoms with Gasteiger partial charge >= 0.3 is 0 Å². The largest absolute Gasteiger partial charge is 0.313 e. The molecule has 0 aromatic carbocycles. The van der Waals surface area contributed by atoms with Crippen molar-refractivity contribution < 1.29 is 0 Å². The first-order valence-corrected chi connectivity index (χ1v) is 4.33. The summed E-state index contributed by atoms with van der Waals surface area (Å²) in [5.74, 6) is 0.638. The van der Waals surface area contributed by atoms with E-state index in [1.165, 1.54) is 25.3 Å². The highest BCUT2D eigenvalue weighted by Crippen LogP contribution is 2.15. The van der Waals surface area contributed by atoms with Gasteiger partial charge in [0.25, 0.3) is 0 Å². The molecule has 2 nitrogen and oxygen atoms in total. The molecular weight excluding hydrogens is 136 g/mol. The summed E-state index contributed by atoms with van der Waals surface area (Å²) < 4.78 is 0. The predicted molar refractivity (Wildman–Crippen MR) is 49.8 cm³/mol. The van der Waals surface area contributed by atoms with Gasteiger partial charge < -0.3 is 10.8 Å². The van der Waals surface area contributed by atoms with Crippen molar-refractivity contribution in [2.45, 2.75) is 39.0 Å². The molecule has 0 radical (unpaired) electrons. The number of nitrogens with one attached hydrogen (secondary N) is 2. The molecule has 1 unspecified atom stereocenters. The minimum absolute atomic E-state index is 0.638. The van der Waals surface area contributed by atoms with Crippen LogP contribution < -0.4 is 0 Å². The molecular formula is C9H18N2. The molecule has 0 spiro atoms. The first-order valence-electron chi connectivity index (χ1n) is 4.33. The molecule has 0 saturated carbocycles. The fourth-order valence-corrected chi connectivity index (χ4v) is 1.27. The normalized spacial score (nSPS) is 12.5. The van der Waals surface area contributed by atoms with Crippen LogP contribution in [-0.2, 0) is 0 Å². The fourth-order valence-electron chi connectivity index (χ4n) is 1.27. The quantitative estimate of drug-likeness (QED) is 0.530. The summed E-state index contributed by atoms with van der Waals surface area (Å²) in [6.07, 6.45) is 8.18. The van der Waals surface area contributed by atoms with Crippen molar-refractivity contribution in [3.63, 3.8) is 0 Å². The van der Waals surface area contributed by atoms with E-state index in [0.29, 0.717) is 5.92 Å². The molecule has 0 aromatic heterocycles. The molecule has 0 amide bonds. The summed E-state index contributed by atoms with van der Waals surface area (Å²) in [6.45, 7) is 2.17. The van der Waals surface area contributed by atoms with Gasteiger partial charge in [-0.3, -0.25) is 0 Å². The second kappa shape index (κ2) is 7.45. The number of hydrogen-bond acceptors (Lipinski definition) is 2. The minimum atomic E-state index is 0.638. The average molecular weight is 154 g/mol. The fraction of sp³-hybridized carbons (Fsp3) is 0.778. The Kier molecular flexibility index (Phi) is 7.00. The van der Waals surface area contributed by atoms with E-state index in [4.69, 9.17) is 10.8 Å². The van der Waals surface area contributed by atoms with Crippen LogP contribution in [0.4, 0.5) is 0 Å². The summed E-state index contributed by atoms with van der Waals surface area (Å²) in [6, 6.07) is 0. The Morgan fingerprint density at radius 1 is 1.18 bits per heavy atom. The maximum Gasteiger partial charge on any atom is -0.00450 e. The van der Waals surface area contributed by atoms with Crippen LogP contribution in [0.25, 0.3) is 0 Å². The van der Waals surface area contributed by atoms with E-state index >= 15 is 0 Å². The van der Waals surface area contributed by atoms with E-state index in [9.17, 15) is 0 Å². The monoisotopic (exact) mass is 154 g/mol. The lowest BCUT2D eigenvalue weighted by Gasteiger charge is -2.10. The van der Waals surface area contributed by atoms with Crippen LogP contribution in [0.3, 0.4) is 0 Å². The maximum atomic E-state index is 6.96. The van der Waals surface area contributed by atoms with E-state index < -0.39 is 0 Å². The molecule has 0 fully saturated rings. The highest BCUT2D eigenvalue weighted by molar-refractivity contribution is 5.54. The van der Waals surface area contributed by atoms with Crippen LogP contribution in [0, 0.1) is 16.7 Å². The van der Waals surface area contributed by atoms with Crippen LogP contribution in [0.5, 0.6) is 0 Å². The van der Waals surface area contributed by atoms with Gasteiger partial charge in [0.15, 0.2) is 0 Å². The van der Waals surface area contributed by atoms with Crippen molar-refractivity contribution in [1.29, 1.82) is 10.8 Å². The zero-order chi connectivity index (χ0) is 8.53. The van der Waals surface area contributed by atoms with Crippen LogP contribution in [0.2, 0.25) is 0 Å². The van der Waals surface area contributed by atoms with Crippen molar-refractivity contribution >= 4 is 12.4 Å². The third-order valence-corrected chi connectivity index (χ3v) is 1.87. The second-order valence-electron chi connectivity index (χ2n) is 2.88. The summed E-state index contributed by atoms with van der Waals surface area (Å²) in [5, 5.41) is 13.8. The van der Waals surface area contributed by atoms with Crippen molar-refractivity contribution in [3.05, 3.63) is 0 Å². The molecule has 0 rings (SSSR count). The van der Waals surface area contributed by atoms with Crippen LogP contribution in [0.1, 0.15) is 39.0 Å². The van der Waals surface area contributed by atoms with Gasteiger partial charge in [0.1, 0.15) is 0 Å². The molecule has 0 heterocycles. The van der Waals surface area contributed by atoms with Crippen molar-refractivity contribution in [3.8, 4) is 0 Å². The lowest BCUT2D eigenvalue weighted by Crippen LogP contribution is -2.00. The predicted octanol–water partition coefficient (Wildman–Crippen LogP) is 2.87. The molecule has 1 atom stereocenters. The third-order valence-electron chi connectivity index (χ3n) is 1.87. The van der Waals surface area contributed by atoms with Crippen molar-refractivity contribution in [2.24, 2.45) is 5.92 Å². The number of hydrogen-bond donors (Lipinski definition) is 2. The van der Waals surface area contributed by atoms with Gasteiger partial charge in [0.05, 0.1) is 0 Å². The zero-order valence-corrected chi connectivity index (χ0v) is 7.27. The van der Waals surface area contributed by atoms with Gasteiger partial charge in [-0.25, -0.2) is 0 Å². The second-order valence-corrected chi connectivity index (χ2v) is 2.88. The summed E-state index contributed by atoms with van der Waals surface area (Å²) >= 11 is 0. The molecule has 0 aliphatic rings. The SMILES string of the molecule is CCCC(CC=N)CCC=N. The molecule has 11 heavy (non-hydrogen) atoms. The first-order chi connectivity index (χ1) is 5.35. The van der Waals surface area contributed by atoms with Gasteiger partial charge in [-0.05, 0) is 37.6 Å². The lowest BCUT2D eigenvalue weighted by molar-refractivity contribution is 0.473. The molecule has 64 valence electrons. The van der Waals surface area contributed by atoms with Gasteiger partial charge in [-0.2, -0.15) is 0 Å². The zero-order valence-electron chi connectivity index (χ0n) is 7.27. The lowest BCUT2D eigenvalue weighted by atomic mass is 9.95. The third kappa shape index (κ3) is 5.77. The summed E-state index contributed by atoms with van der Waals surface area (Å²) in [7, 11) is 0. The van der Waals surface area contributed by atoms with E-state index in [1.807, 2.05) is 0 Å². The molecule has 2 N–H and O–H groups in total.